The van der Waals surface area contributed by atoms with Crippen LogP contribution in [-0.2, 0) is 0 Å². The van der Waals surface area contributed by atoms with Gasteiger partial charge < -0.3 is 15.9 Å². The Bertz CT molecular complexity index is 579. The molecule has 0 radical (unpaired) electrons. The zero-order valence-electron chi connectivity index (χ0n) is 8.92. The molecule has 1 amide bonds. The number of hydrogen-bond donors (Lipinski definition) is 3. The lowest BCUT2D eigenvalue weighted by Gasteiger charge is -2.08. The summed E-state index contributed by atoms with van der Waals surface area (Å²) in [4.78, 5) is 11.3. The first kappa shape index (κ1) is 11.0. The Labute approximate surface area is 97.9 Å². The molecule has 0 aliphatic carbocycles. The van der Waals surface area contributed by atoms with Gasteiger partial charge in [-0.3, -0.25) is 4.79 Å². The van der Waals surface area contributed by atoms with E-state index in [2.05, 4.69) is 0 Å². The lowest BCUT2D eigenvalue weighted by Crippen LogP contribution is -2.12. The summed E-state index contributed by atoms with van der Waals surface area (Å²) in [6.45, 7) is 0. The Hall–Kier alpha value is -2.49. The first-order valence-electron chi connectivity index (χ1n) is 5.01. The van der Waals surface area contributed by atoms with E-state index in [9.17, 15) is 15.0 Å². The highest BCUT2D eigenvalue weighted by Gasteiger charge is 2.12. The summed E-state index contributed by atoms with van der Waals surface area (Å²) in [7, 11) is 0. The van der Waals surface area contributed by atoms with Crippen LogP contribution in [-0.4, -0.2) is 16.1 Å². The summed E-state index contributed by atoms with van der Waals surface area (Å²) in [6, 6.07) is 10.9. The number of phenols is 2. The number of rotatable bonds is 2. The Kier molecular flexibility index (Phi) is 2.70. The van der Waals surface area contributed by atoms with Crippen LogP contribution in [0, 0.1) is 0 Å². The highest BCUT2D eigenvalue weighted by Crippen LogP contribution is 2.33. The molecular weight excluding hydrogens is 218 g/mol. The predicted molar refractivity (Wildman–Crippen MR) is 63.7 cm³/mol. The Morgan fingerprint density at radius 3 is 2.35 bits per heavy atom. The summed E-state index contributed by atoms with van der Waals surface area (Å²) >= 11 is 0. The standard InChI is InChI=1S/C13H11NO3/c14-13(17)11-4-2-1-3-9(11)10-6-5-8(15)7-12(10)16/h1-7,15-16H,(H2,14,17). The van der Waals surface area contributed by atoms with Gasteiger partial charge in [-0.05, 0) is 23.8 Å². The van der Waals surface area contributed by atoms with Crippen molar-refractivity contribution in [2.24, 2.45) is 5.73 Å². The Balaban J connectivity index is 2.64. The van der Waals surface area contributed by atoms with Crippen LogP contribution in [0.1, 0.15) is 10.4 Å². The Morgan fingerprint density at radius 1 is 1.00 bits per heavy atom. The molecular formula is C13H11NO3. The lowest BCUT2D eigenvalue weighted by molar-refractivity contribution is 0.100. The minimum Gasteiger partial charge on any atom is -0.508 e. The Morgan fingerprint density at radius 2 is 1.71 bits per heavy atom. The number of nitrogens with two attached hydrogens (primary N) is 1. The molecule has 0 saturated heterocycles. The van der Waals surface area contributed by atoms with Gasteiger partial charge in [0, 0.05) is 17.2 Å². The maximum atomic E-state index is 11.3. The molecule has 0 aromatic heterocycles. The molecule has 2 rings (SSSR count). The van der Waals surface area contributed by atoms with Crippen molar-refractivity contribution in [2.45, 2.75) is 0 Å². The number of carbonyl (C=O) groups excluding carboxylic acids is 1. The molecule has 0 spiro atoms. The monoisotopic (exact) mass is 229 g/mol. The predicted octanol–water partition coefficient (Wildman–Crippen LogP) is 1.86. The quantitative estimate of drug-likeness (QED) is 0.735. The van der Waals surface area contributed by atoms with Crippen LogP contribution in [0.25, 0.3) is 11.1 Å². The van der Waals surface area contributed by atoms with E-state index in [1.165, 1.54) is 18.2 Å². The highest BCUT2D eigenvalue weighted by atomic mass is 16.3. The molecule has 2 aromatic rings. The van der Waals surface area contributed by atoms with Crippen LogP contribution in [0.15, 0.2) is 42.5 Å². The van der Waals surface area contributed by atoms with Gasteiger partial charge >= 0.3 is 0 Å². The zero-order valence-corrected chi connectivity index (χ0v) is 8.92. The van der Waals surface area contributed by atoms with E-state index in [-0.39, 0.29) is 11.5 Å². The van der Waals surface area contributed by atoms with E-state index >= 15 is 0 Å². The van der Waals surface area contributed by atoms with Crippen LogP contribution >= 0.6 is 0 Å². The molecule has 2 aromatic carbocycles. The number of hydrogen-bond acceptors (Lipinski definition) is 3. The second-order valence-corrected chi connectivity index (χ2v) is 3.61. The second-order valence-electron chi connectivity index (χ2n) is 3.61. The minimum atomic E-state index is -0.562. The number of benzene rings is 2. The third-order valence-corrected chi connectivity index (χ3v) is 2.46. The fraction of sp³-hybridized carbons (Fsp3) is 0. The van der Waals surface area contributed by atoms with Crippen LogP contribution in [0.2, 0.25) is 0 Å². The van der Waals surface area contributed by atoms with Gasteiger partial charge in [0.2, 0.25) is 5.91 Å². The minimum absolute atomic E-state index is 0.0391. The van der Waals surface area contributed by atoms with Crippen molar-refractivity contribution in [1.29, 1.82) is 0 Å². The molecule has 0 aliphatic heterocycles. The third-order valence-electron chi connectivity index (χ3n) is 2.46. The summed E-state index contributed by atoms with van der Waals surface area (Å²) in [5, 5.41) is 19.0. The molecule has 86 valence electrons. The maximum absolute atomic E-state index is 11.3. The normalized spacial score (nSPS) is 10.1. The highest BCUT2D eigenvalue weighted by molar-refractivity contribution is 6.00. The van der Waals surface area contributed by atoms with Crippen molar-refractivity contribution in [1.82, 2.24) is 0 Å². The van der Waals surface area contributed by atoms with E-state index < -0.39 is 5.91 Å². The van der Waals surface area contributed by atoms with Crippen molar-refractivity contribution in [2.75, 3.05) is 0 Å². The van der Waals surface area contributed by atoms with E-state index in [0.29, 0.717) is 16.7 Å². The molecule has 0 saturated carbocycles. The number of phenolic OH excluding ortho intramolecular Hbond substituents is 2. The first-order valence-corrected chi connectivity index (χ1v) is 5.01. The van der Waals surface area contributed by atoms with Crippen LogP contribution in [0.3, 0.4) is 0 Å². The molecule has 0 atom stereocenters. The average Bonchev–Trinajstić information content (AvgIpc) is 2.29. The molecule has 4 N–H and O–H groups in total. The van der Waals surface area contributed by atoms with Crippen molar-refractivity contribution in [3.05, 3.63) is 48.0 Å². The van der Waals surface area contributed by atoms with E-state index in [1.54, 1.807) is 24.3 Å². The smallest absolute Gasteiger partial charge is 0.249 e. The molecule has 4 nitrogen and oxygen atoms in total. The second kappa shape index (κ2) is 4.17. The zero-order chi connectivity index (χ0) is 12.4. The molecule has 0 bridgehead atoms. The number of primary amides is 1. The fourth-order valence-corrected chi connectivity index (χ4v) is 1.68. The van der Waals surface area contributed by atoms with Gasteiger partial charge in [0.15, 0.2) is 0 Å². The molecule has 0 aliphatic rings. The topological polar surface area (TPSA) is 83.6 Å². The number of amides is 1. The summed E-state index contributed by atoms with van der Waals surface area (Å²) in [5.41, 5.74) is 6.58. The molecule has 0 fully saturated rings. The van der Waals surface area contributed by atoms with Gasteiger partial charge in [-0.15, -0.1) is 0 Å². The van der Waals surface area contributed by atoms with Crippen LogP contribution < -0.4 is 5.73 Å². The van der Waals surface area contributed by atoms with Crippen molar-refractivity contribution >= 4 is 5.91 Å². The summed E-state index contributed by atoms with van der Waals surface area (Å²) in [6.07, 6.45) is 0. The van der Waals surface area contributed by atoms with Crippen molar-refractivity contribution < 1.29 is 15.0 Å². The van der Waals surface area contributed by atoms with Gasteiger partial charge in [0.05, 0.1) is 0 Å². The maximum Gasteiger partial charge on any atom is 0.249 e. The van der Waals surface area contributed by atoms with Gasteiger partial charge in [-0.2, -0.15) is 0 Å². The lowest BCUT2D eigenvalue weighted by atomic mass is 9.98. The number of aromatic hydroxyl groups is 2. The summed E-state index contributed by atoms with van der Waals surface area (Å²) in [5.74, 6) is -0.699. The SMILES string of the molecule is NC(=O)c1ccccc1-c1ccc(O)cc1O. The molecule has 4 heteroatoms. The molecule has 0 heterocycles. The third kappa shape index (κ3) is 2.06. The first-order chi connectivity index (χ1) is 8.09. The van der Waals surface area contributed by atoms with E-state index in [0.717, 1.165) is 0 Å². The van der Waals surface area contributed by atoms with Gasteiger partial charge in [0.1, 0.15) is 11.5 Å². The average molecular weight is 229 g/mol. The fourth-order valence-electron chi connectivity index (χ4n) is 1.68. The van der Waals surface area contributed by atoms with Gasteiger partial charge in [-0.25, -0.2) is 0 Å². The number of carbonyl (C=O) groups is 1. The largest absolute Gasteiger partial charge is 0.508 e. The molecule has 0 unspecified atom stereocenters. The van der Waals surface area contributed by atoms with Crippen molar-refractivity contribution in [3.63, 3.8) is 0 Å². The van der Waals surface area contributed by atoms with Crippen molar-refractivity contribution in [3.8, 4) is 22.6 Å². The van der Waals surface area contributed by atoms with Crippen LogP contribution in [0.4, 0.5) is 0 Å². The van der Waals surface area contributed by atoms with Gasteiger partial charge in [0.25, 0.3) is 0 Å². The van der Waals surface area contributed by atoms with E-state index in [4.69, 9.17) is 5.73 Å². The molecule has 17 heavy (non-hydrogen) atoms. The van der Waals surface area contributed by atoms with E-state index in [1.807, 2.05) is 0 Å². The summed E-state index contributed by atoms with van der Waals surface area (Å²) < 4.78 is 0. The van der Waals surface area contributed by atoms with Gasteiger partial charge in [-0.1, -0.05) is 18.2 Å². The van der Waals surface area contributed by atoms with Crippen LogP contribution in [0.5, 0.6) is 11.5 Å².